The molecular formula is C7H9BrN2. The Kier molecular flexibility index (Phi) is 6.22. The third-order valence-electron chi connectivity index (χ3n) is 1.28. The van der Waals surface area contributed by atoms with Gasteiger partial charge in [0.2, 0.25) is 0 Å². The van der Waals surface area contributed by atoms with Crippen molar-refractivity contribution in [1.82, 2.24) is 0 Å². The third kappa shape index (κ3) is 4.35. The van der Waals surface area contributed by atoms with Crippen LogP contribution in [0.15, 0.2) is 0 Å². The maximum Gasteiger partial charge on any atom is 0.0625 e. The molecule has 0 aliphatic heterocycles. The summed E-state index contributed by atoms with van der Waals surface area (Å²) in [5.74, 6) is 0.259. The summed E-state index contributed by atoms with van der Waals surface area (Å²) in [6.45, 7) is 0. The Morgan fingerprint density at radius 1 is 1.20 bits per heavy atom. The van der Waals surface area contributed by atoms with Gasteiger partial charge < -0.3 is 0 Å². The molecule has 0 aromatic rings. The summed E-state index contributed by atoms with van der Waals surface area (Å²) in [7, 11) is 0. The minimum Gasteiger partial charge on any atom is -0.198 e. The zero-order valence-corrected chi connectivity index (χ0v) is 7.26. The normalized spacial score (nSPS) is 8.80. The number of hydrogen-bond donors (Lipinski definition) is 0. The van der Waals surface area contributed by atoms with Crippen LogP contribution in [0.1, 0.15) is 19.3 Å². The maximum absolute atomic E-state index is 8.32. The number of alkyl halides is 1. The molecule has 0 aromatic heterocycles. The molecule has 0 radical (unpaired) electrons. The molecular weight excluding hydrogens is 192 g/mol. The summed E-state index contributed by atoms with van der Waals surface area (Å²) in [5, 5.41) is 17.5. The largest absolute Gasteiger partial charge is 0.198 e. The molecule has 0 fully saturated rings. The van der Waals surface area contributed by atoms with Gasteiger partial charge >= 0.3 is 0 Å². The lowest BCUT2D eigenvalue weighted by Crippen LogP contribution is -1.98. The Balaban J connectivity index is 3.54. The van der Waals surface area contributed by atoms with Gasteiger partial charge in [-0.3, -0.25) is 0 Å². The molecule has 10 heavy (non-hydrogen) atoms. The lowest BCUT2D eigenvalue weighted by atomic mass is 10.0. The van der Waals surface area contributed by atoms with Crippen molar-refractivity contribution in [3.8, 4) is 12.1 Å². The van der Waals surface area contributed by atoms with Gasteiger partial charge in [-0.2, -0.15) is 10.5 Å². The lowest BCUT2D eigenvalue weighted by Gasteiger charge is -2.04. The predicted octanol–water partition coefficient (Wildman–Crippen LogP) is 2.21. The van der Waals surface area contributed by atoms with Crippen LogP contribution in [-0.2, 0) is 0 Å². The van der Waals surface area contributed by atoms with E-state index in [9.17, 15) is 0 Å². The number of halogens is 1. The fourth-order valence-corrected chi connectivity index (χ4v) is 1.34. The van der Waals surface area contributed by atoms with Gasteiger partial charge in [0.25, 0.3) is 0 Å². The quantitative estimate of drug-likeness (QED) is 0.654. The molecule has 0 bridgehead atoms. The Bertz CT molecular complexity index is 138. The first-order valence-corrected chi connectivity index (χ1v) is 4.27. The molecule has 54 valence electrons. The van der Waals surface area contributed by atoms with Crippen molar-refractivity contribution >= 4 is 15.9 Å². The van der Waals surface area contributed by atoms with Gasteiger partial charge in [-0.1, -0.05) is 15.9 Å². The summed E-state index contributed by atoms with van der Waals surface area (Å²) in [4.78, 5) is 0. The average Bonchev–Trinajstić information content (AvgIpc) is 1.90. The Morgan fingerprint density at radius 3 is 2.00 bits per heavy atom. The molecule has 0 aromatic carbocycles. The minimum absolute atomic E-state index is 0.259. The molecule has 3 heteroatoms. The standard InChI is InChI=1S/C7H9BrN2/c8-4-1-7(2-5-9)3-6-10/h7H,1-4H2. The Morgan fingerprint density at radius 2 is 1.70 bits per heavy atom. The molecule has 0 N–H and O–H groups in total. The van der Waals surface area contributed by atoms with Gasteiger partial charge in [0.1, 0.15) is 0 Å². The molecule has 2 nitrogen and oxygen atoms in total. The van der Waals surface area contributed by atoms with Crippen molar-refractivity contribution in [3.63, 3.8) is 0 Å². The van der Waals surface area contributed by atoms with E-state index >= 15 is 0 Å². The molecule has 0 saturated heterocycles. The lowest BCUT2D eigenvalue weighted by molar-refractivity contribution is 0.540. The number of rotatable bonds is 4. The molecule has 0 rings (SSSR count). The fourth-order valence-electron chi connectivity index (χ4n) is 0.689. The Labute approximate surface area is 69.6 Å². The predicted molar refractivity (Wildman–Crippen MR) is 42.4 cm³/mol. The molecule has 0 atom stereocenters. The van der Waals surface area contributed by atoms with Crippen molar-refractivity contribution in [2.75, 3.05) is 5.33 Å². The first-order chi connectivity index (χ1) is 4.85. The highest BCUT2D eigenvalue weighted by Crippen LogP contribution is 2.12. The molecule has 0 unspecified atom stereocenters. The average molecular weight is 201 g/mol. The summed E-state index contributed by atoms with van der Waals surface area (Å²) in [5.41, 5.74) is 0. The van der Waals surface area contributed by atoms with Crippen LogP contribution in [-0.4, -0.2) is 5.33 Å². The number of nitriles is 2. The summed E-state index contributed by atoms with van der Waals surface area (Å²) >= 11 is 3.27. The van der Waals surface area contributed by atoms with E-state index in [-0.39, 0.29) is 5.92 Å². The van der Waals surface area contributed by atoms with E-state index in [1.54, 1.807) is 0 Å². The summed E-state index contributed by atoms with van der Waals surface area (Å²) in [6.07, 6.45) is 1.92. The zero-order chi connectivity index (χ0) is 7.82. The van der Waals surface area contributed by atoms with Crippen LogP contribution in [0, 0.1) is 28.6 Å². The maximum atomic E-state index is 8.32. The van der Waals surface area contributed by atoms with Crippen molar-refractivity contribution in [1.29, 1.82) is 10.5 Å². The van der Waals surface area contributed by atoms with Crippen molar-refractivity contribution in [3.05, 3.63) is 0 Å². The van der Waals surface area contributed by atoms with Crippen LogP contribution in [0.25, 0.3) is 0 Å². The second kappa shape index (κ2) is 6.58. The van der Waals surface area contributed by atoms with E-state index in [2.05, 4.69) is 28.1 Å². The first kappa shape index (κ1) is 9.46. The molecule has 0 spiro atoms. The van der Waals surface area contributed by atoms with Crippen LogP contribution in [0.2, 0.25) is 0 Å². The van der Waals surface area contributed by atoms with Crippen molar-refractivity contribution in [2.45, 2.75) is 19.3 Å². The summed E-state index contributed by atoms with van der Waals surface area (Å²) < 4.78 is 0. The highest BCUT2D eigenvalue weighted by Gasteiger charge is 2.05. The van der Waals surface area contributed by atoms with E-state index in [0.717, 1.165) is 11.8 Å². The van der Waals surface area contributed by atoms with Crippen LogP contribution >= 0.6 is 15.9 Å². The van der Waals surface area contributed by atoms with Crippen LogP contribution in [0.3, 0.4) is 0 Å². The SMILES string of the molecule is N#CCC(CC#N)CCBr. The van der Waals surface area contributed by atoms with Crippen molar-refractivity contribution < 1.29 is 0 Å². The van der Waals surface area contributed by atoms with E-state index < -0.39 is 0 Å². The second-order valence-electron chi connectivity index (χ2n) is 2.07. The highest BCUT2D eigenvalue weighted by atomic mass is 79.9. The van der Waals surface area contributed by atoms with E-state index in [1.807, 2.05) is 0 Å². The minimum atomic E-state index is 0.259. The molecule has 0 aliphatic carbocycles. The van der Waals surface area contributed by atoms with E-state index in [4.69, 9.17) is 10.5 Å². The van der Waals surface area contributed by atoms with E-state index in [1.165, 1.54) is 0 Å². The van der Waals surface area contributed by atoms with Gasteiger partial charge in [-0.25, -0.2) is 0 Å². The van der Waals surface area contributed by atoms with Gasteiger partial charge in [0, 0.05) is 18.2 Å². The fraction of sp³-hybridized carbons (Fsp3) is 0.714. The number of nitrogens with zero attached hydrogens (tertiary/aromatic N) is 2. The zero-order valence-electron chi connectivity index (χ0n) is 5.68. The summed E-state index contributed by atoms with van der Waals surface area (Å²) in [6, 6.07) is 4.13. The van der Waals surface area contributed by atoms with Gasteiger partial charge in [0.05, 0.1) is 12.1 Å². The molecule has 0 saturated carbocycles. The highest BCUT2D eigenvalue weighted by molar-refractivity contribution is 9.09. The smallest absolute Gasteiger partial charge is 0.0625 e. The molecule has 0 amide bonds. The van der Waals surface area contributed by atoms with Gasteiger partial charge in [-0.05, 0) is 12.3 Å². The Hall–Kier alpha value is -0.540. The second-order valence-corrected chi connectivity index (χ2v) is 2.86. The van der Waals surface area contributed by atoms with Gasteiger partial charge in [0.15, 0.2) is 0 Å². The first-order valence-electron chi connectivity index (χ1n) is 3.15. The van der Waals surface area contributed by atoms with Gasteiger partial charge in [-0.15, -0.1) is 0 Å². The van der Waals surface area contributed by atoms with Crippen LogP contribution in [0.4, 0.5) is 0 Å². The molecule has 0 heterocycles. The monoisotopic (exact) mass is 200 g/mol. The van der Waals surface area contributed by atoms with E-state index in [0.29, 0.717) is 12.8 Å². The third-order valence-corrected chi connectivity index (χ3v) is 1.74. The molecule has 0 aliphatic rings. The van der Waals surface area contributed by atoms with Crippen LogP contribution in [0.5, 0.6) is 0 Å². The van der Waals surface area contributed by atoms with Crippen LogP contribution < -0.4 is 0 Å². The number of hydrogen-bond acceptors (Lipinski definition) is 2. The topological polar surface area (TPSA) is 47.6 Å². The van der Waals surface area contributed by atoms with Crippen molar-refractivity contribution in [2.24, 2.45) is 5.92 Å².